The number of aliphatic carboxylic acids is 1. The first kappa shape index (κ1) is 68.3. The van der Waals surface area contributed by atoms with Crippen molar-refractivity contribution < 1.29 is 38.2 Å². The van der Waals surface area contributed by atoms with Gasteiger partial charge in [-0.05, 0) is 12.8 Å². The van der Waals surface area contributed by atoms with Crippen molar-refractivity contribution in [1.82, 2.24) is 0 Å². The van der Waals surface area contributed by atoms with E-state index in [1.807, 2.05) is 21.1 Å². The Labute approximate surface area is 436 Å². The van der Waals surface area contributed by atoms with E-state index in [1.54, 1.807) is 0 Å². The van der Waals surface area contributed by atoms with Gasteiger partial charge in [-0.15, -0.1) is 0 Å². The molecule has 0 spiro atoms. The van der Waals surface area contributed by atoms with Crippen LogP contribution in [0.3, 0.4) is 0 Å². The molecular weight excluding hydrogens is 871 g/mol. The molecule has 70 heavy (non-hydrogen) atoms. The molecule has 0 rings (SSSR count). The normalized spacial score (nSPS) is 12.6. The lowest BCUT2D eigenvalue weighted by atomic mass is 10.0. The first-order chi connectivity index (χ1) is 34.1. The van der Waals surface area contributed by atoms with E-state index in [0.717, 1.165) is 38.5 Å². The molecule has 0 saturated heterocycles. The maximum absolute atomic E-state index is 12.9. The van der Waals surface area contributed by atoms with Crippen LogP contribution < -0.4 is 0 Å². The van der Waals surface area contributed by atoms with Gasteiger partial charge in [-0.3, -0.25) is 9.59 Å². The van der Waals surface area contributed by atoms with Gasteiger partial charge in [0, 0.05) is 19.3 Å². The molecular formula is C62H122NO7+. The fourth-order valence-corrected chi connectivity index (χ4v) is 9.98. The molecule has 0 aliphatic carbocycles. The van der Waals surface area contributed by atoms with Gasteiger partial charge in [0.1, 0.15) is 6.61 Å². The van der Waals surface area contributed by atoms with Gasteiger partial charge in [0.05, 0.1) is 34.4 Å². The van der Waals surface area contributed by atoms with Gasteiger partial charge >= 0.3 is 17.9 Å². The molecule has 0 aliphatic heterocycles. The van der Waals surface area contributed by atoms with Gasteiger partial charge in [0.25, 0.3) is 0 Å². The highest BCUT2D eigenvalue weighted by molar-refractivity contribution is 5.72. The molecule has 0 aromatic heterocycles. The standard InChI is InChI=1S/C62H121NO7/c1-6-8-10-12-14-16-18-20-22-24-26-28-30-31-33-35-37-39-41-43-45-47-49-51-53-61(65)70-58(56-68-55-54-59(62(66)67)63(3,4)5)57-69-60(64)52-50-48-46-44-42-40-38-36-34-32-29-27-25-23-21-19-17-15-13-11-9-7-2/h58-59H,6-57H2,1-5H3/p+1. The summed E-state index contributed by atoms with van der Waals surface area (Å²) >= 11 is 0. The lowest BCUT2D eigenvalue weighted by molar-refractivity contribution is -0.887. The number of esters is 2. The zero-order valence-electron chi connectivity index (χ0n) is 47.8. The number of quaternary nitrogens is 1. The molecule has 0 heterocycles. The third kappa shape index (κ3) is 51.2. The summed E-state index contributed by atoms with van der Waals surface area (Å²) in [6, 6.07) is -0.610. The molecule has 0 radical (unpaired) electrons. The Morgan fingerprint density at radius 1 is 0.371 bits per heavy atom. The number of rotatable bonds is 58. The second-order valence-electron chi connectivity index (χ2n) is 22.7. The van der Waals surface area contributed by atoms with E-state index in [0.29, 0.717) is 19.3 Å². The van der Waals surface area contributed by atoms with E-state index in [9.17, 15) is 19.5 Å². The summed E-state index contributed by atoms with van der Waals surface area (Å²) in [6.45, 7) is 4.83. The van der Waals surface area contributed by atoms with Crippen molar-refractivity contribution in [2.75, 3.05) is 41.0 Å². The van der Waals surface area contributed by atoms with E-state index >= 15 is 0 Å². The number of ether oxygens (including phenoxy) is 3. The van der Waals surface area contributed by atoms with Crippen LogP contribution >= 0.6 is 0 Å². The van der Waals surface area contributed by atoms with E-state index in [-0.39, 0.29) is 36.2 Å². The third-order valence-corrected chi connectivity index (χ3v) is 14.8. The summed E-state index contributed by atoms with van der Waals surface area (Å²) in [4.78, 5) is 37.3. The van der Waals surface area contributed by atoms with Crippen LogP contribution in [0.5, 0.6) is 0 Å². The van der Waals surface area contributed by atoms with Crippen molar-refractivity contribution in [2.24, 2.45) is 0 Å². The fourth-order valence-electron chi connectivity index (χ4n) is 9.98. The van der Waals surface area contributed by atoms with Crippen LogP contribution in [0.25, 0.3) is 0 Å². The molecule has 8 heteroatoms. The Bertz CT molecular complexity index is 1110. The molecule has 1 N–H and O–H groups in total. The highest BCUT2D eigenvalue weighted by Gasteiger charge is 2.31. The number of carboxylic acids is 1. The van der Waals surface area contributed by atoms with Crippen LogP contribution in [-0.4, -0.2) is 80.6 Å². The average molecular weight is 994 g/mol. The molecule has 416 valence electrons. The number of hydrogen-bond acceptors (Lipinski definition) is 6. The Hall–Kier alpha value is -1.67. The second-order valence-corrected chi connectivity index (χ2v) is 22.7. The molecule has 0 saturated carbocycles. The van der Waals surface area contributed by atoms with Gasteiger partial charge in [-0.25, -0.2) is 4.79 Å². The largest absolute Gasteiger partial charge is 0.477 e. The van der Waals surface area contributed by atoms with E-state index in [4.69, 9.17) is 14.2 Å². The monoisotopic (exact) mass is 993 g/mol. The first-order valence-electron chi connectivity index (χ1n) is 31.1. The minimum absolute atomic E-state index is 0.0407. The molecule has 2 unspecified atom stereocenters. The first-order valence-corrected chi connectivity index (χ1v) is 31.1. The van der Waals surface area contributed by atoms with Crippen LogP contribution in [0.4, 0.5) is 0 Å². The quantitative estimate of drug-likeness (QED) is 0.0368. The summed E-state index contributed by atoms with van der Waals surface area (Å²) in [7, 11) is 5.57. The minimum Gasteiger partial charge on any atom is -0.477 e. The third-order valence-electron chi connectivity index (χ3n) is 14.8. The predicted octanol–water partition coefficient (Wildman–Crippen LogP) is 18.8. The molecule has 2 atom stereocenters. The maximum atomic E-state index is 12.9. The fraction of sp³-hybridized carbons (Fsp3) is 0.952. The average Bonchev–Trinajstić information content (AvgIpc) is 3.33. The summed E-state index contributed by atoms with van der Waals surface area (Å²) in [6.07, 6.45) is 61.8. The Morgan fingerprint density at radius 2 is 0.629 bits per heavy atom. The molecule has 0 aliphatic rings. The van der Waals surface area contributed by atoms with Gasteiger partial charge in [0.15, 0.2) is 12.1 Å². The van der Waals surface area contributed by atoms with Crippen LogP contribution in [-0.2, 0) is 28.6 Å². The number of hydrogen-bond donors (Lipinski definition) is 1. The summed E-state index contributed by atoms with van der Waals surface area (Å²) in [5.41, 5.74) is 0. The van der Waals surface area contributed by atoms with E-state index in [1.165, 1.54) is 257 Å². The maximum Gasteiger partial charge on any atom is 0.362 e. The van der Waals surface area contributed by atoms with Crippen LogP contribution in [0, 0.1) is 0 Å². The summed E-state index contributed by atoms with van der Waals surface area (Å²) in [5.74, 6) is -1.43. The van der Waals surface area contributed by atoms with Crippen molar-refractivity contribution in [3.05, 3.63) is 0 Å². The minimum atomic E-state index is -0.867. The van der Waals surface area contributed by atoms with Gasteiger partial charge in [-0.2, -0.15) is 0 Å². The predicted molar refractivity (Wildman–Crippen MR) is 299 cm³/mol. The van der Waals surface area contributed by atoms with Crippen molar-refractivity contribution in [1.29, 1.82) is 0 Å². The Balaban J connectivity index is 4.06. The highest BCUT2D eigenvalue weighted by Crippen LogP contribution is 2.19. The van der Waals surface area contributed by atoms with E-state index in [2.05, 4.69) is 13.8 Å². The zero-order chi connectivity index (χ0) is 51.3. The molecule has 0 amide bonds. The smallest absolute Gasteiger partial charge is 0.362 e. The van der Waals surface area contributed by atoms with Crippen LogP contribution in [0.1, 0.15) is 328 Å². The number of carbonyl (C=O) groups is 3. The Kier molecular flexibility index (Phi) is 52.3. The number of unbranched alkanes of at least 4 members (excludes halogenated alkanes) is 44. The summed E-state index contributed by atoms with van der Waals surface area (Å²) < 4.78 is 17.5. The van der Waals surface area contributed by atoms with Gasteiger partial charge < -0.3 is 23.8 Å². The molecule has 0 bridgehead atoms. The topological polar surface area (TPSA) is 99.1 Å². The van der Waals surface area contributed by atoms with Gasteiger partial charge in [-0.1, -0.05) is 296 Å². The molecule has 8 nitrogen and oxygen atoms in total. The second kappa shape index (κ2) is 53.6. The van der Waals surface area contributed by atoms with E-state index < -0.39 is 18.1 Å². The number of carboxylic acid groups (broad SMARTS) is 1. The number of carbonyl (C=O) groups excluding carboxylic acids is 2. The lowest BCUT2D eigenvalue weighted by Crippen LogP contribution is -2.50. The SMILES string of the molecule is CCCCCCCCCCCCCCCCCCCCCCCCCCC(=O)OC(COCCC(C(=O)O)[N+](C)(C)C)COC(=O)CCCCCCCCCCCCCCCCCCCCCCCC. The molecule has 0 fully saturated rings. The van der Waals surface area contributed by atoms with Crippen molar-refractivity contribution in [2.45, 2.75) is 341 Å². The Morgan fingerprint density at radius 3 is 0.886 bits per heavy atom. The van der Waals surface area contributed by atoms with Crippen LogP contribution in [0.15, 0.2) is 0 Å². The van der Waals surface area contributed by atoms with Crippen molar-refractivity contribution in [3.8, 4) is 0 Å². The lowest BCUT2D eigenvalue weighted by Gasteiger charge is -2.31. The van der Waals surface area contributed by atoms with Crippen molar-refractivity contribution >= 4 is 17.9 Å². The molecule has 0 aromatic carbocycles. The molecule has 0 aromatic rings. The van der Waals surface area contributed by atoms with Crippen molar-refractivity contribution in [3.63, 3.8) is 0 Å². The highest BCUT2D eigenvalue weighted by atomic mass is 16.6. The van der Waals surface area contributed by atoms with Gasteiger partial charge in [0.2, 0.25) is 0 Å². The number of likely N-dealkylation sites (N-methyl/N-ethyl adjacent to an activating group) is 1. The number of nitrogens with zero attached hydrogens (tertiary/aromatic N) is 1. The zero-order valence-corrected chi connectivity index (χ0v) is 47.8. The van der Waals surface area contributed by atoms with Crippen LogP contribution in [0.2, 0.25) is 0 Å². The summed E-state index contributed by atoms with van der Waals surface area (Å²) in [5, 5.41) is 9.69.